The topological polar surface area (TPSA) is 82.0 Å². The molecule has 0 saturated carbocycles. The van der Waals surface area contributed by atoms with Crippen LogP contribution in [-0.4, -0.2) is 45.3 Å². The van der Waals surface area contributed by atoms with Crippen LogP contribution in [0.15, 0.2) is 66.0 Å². The number of carbonyl (C=O) groups is 2. The summed E-state index contributed by atoms with van der Waals surface area (Å²) in [4.78, 5) is 27.6. The summed E-state index contributed by atoms with van der Waals surface area (Å²) in [6, 6.07) is 19.6. The highest BCUT2D eigenvalue weighted by Gasteiger charge is 2.45. The zero-order valence-corrected chi connectivity index (χ0v) is 25.3. The Labute approximate surface area is 250 Å². The second-order valence-corrected chi connectivity index (χ2v) is 13.1. The van der Waals surface area contributed by atoms with Gasteiger partial charge >= 0.3 is 6.09 Å². The van der Waals surface area contributed by atoms with Crippen molar-refractivity contribution in [3.63, 3.8) is 0 Å². The number of nitrogens with one attached hydrogen (secondary N) is 1. The average molecular weight is 588 g/mol. The van der Waals surface area contributed by atoms with Crippen LogP contribution in [-0.2, 0) is 18.4 Å². The van der Waals surface area contributed by atoms with Gasteiger partial charge in [0, 0.05) is 37.7 Å². The highest BCUT2D eigenvalue weighted by atomic mass is 32.1. The average Bonchev–Trinajstić information content (AvgIpc) is 3.61. The number of benzene rings is 2. The monoisotopic (exact) mass is 587 g/mol. The Morgan fingerprint density at radius 2 is 1.69 bits per heavy atom. The fourth-order valence-corrected chi connectivity index (χ4v) is 6.86. The second-order valence-electron chi connectivity index (χ2n) is 12.2. The van der Waals surface area contributed by atoms with Gasteiger partial charge in [0.1, 0.15) is 35.5 Å². The largest absolute Gasteiger partial charge is 0.490 e. The van der Waals surface area contributed by atoms with Crippen LogP contribution < -0.4 is 14.8 Å². The van der Waals surface area contributed by atoms with E-state index in [1.54, 1.807) is 11.3 Å². The molecule has 2 aliphatic rings. The van der Waals surface area contributed by atoms with Crippen LogP contribution in [0.25, 0.3) is 10.2 Å². The van der Waals surface area contributed by atoms with Crippen LogP contribution in [0, 0.1) is 0 Å². The van der Waals surface area contributed by atoms with Crippen molar-refractivity contribution in [2.24, 2.45) is 7.05 Å². The molecular weight excluding hydrogens is 550 g/mol. The van der Waals surface area contributed by atoms with E-state index >= 15 is 0 Å². The first-order valence-electron chi connectivity index (χ1n) is 14.5. The van der Waals surface area contributed by atoms with Crippen molar-refractivity contribution in [3.8, 4) is 11.5 Å². The predicted octanol–water partition coefficient (Wildman–Crippen LogP) is 7.38. The number of rotatable bonds is 7. The fourth-order valence-electron chi connectivity index (χ4n) is 6.01. The van der Waals surface area contributed by atoms with Crippen LogP contribution in [0.5, 0.6) is 11.5 Å². The van der Waals surface area contributed by atoms with Crippen molar-refractivity contribution in [1.82, 2.24) is 9.47 Å². The number of hydrogen-bond acceptors (Lipinski definition) is 6. The molecule has 8 nitrogen and oxygen atoms in total. The van der Waals surface area contributed by atoms with Gasteiger partial charge in [-0.1, -0.05) is 12.1 Å². The van der Waals surface area contributed by atoms with Crippen molar-refractivity contribution in [1.29, 1.82) is 0 Å². The lowest BCUT2D eigenvalue weighted by Crippen LogP contribution is -2.50. The maximum atomic E-state index is 12.9. The fraction of sp³-hybridized carbons (Fsp3) is 0.394. The number of aromatic nitrogens is 1. The molecule has 2 fully saturated rings. The first kappa shape index (κ1) is 28.2. The molecule has 0 aliphatic carbocycles. The van der Waals surface area contributed by atoms with Crippen LogP contribution >= 0.6 is 11.3 Å². The molecule has 42 heavy (non-hydrogen) atoms. The molecule has 2 bridgehead atoms. The number of fused-ring (bicyclic) bond motifs is 3. The SMILES string of the molecule is Cn1c(C(=O)Nc2cccc(COc3ccc(OC4C[C@H]5CC[C@@H](C4)N5C(=O)OC(C)(C)C)cc3)c2)cc2sccc21. The molecule has 0 spiro atoms. The lowest BCUT2D eigenvalue weighted by atomic mass is 10.00. The number of thiophene rings is 1. The van der Waals surface area contributed by atoms with Crippen LogP contribution in [0.1, 0.15) is 62.5 Å². The molecule has 3 atom stereocenters. The van der Waals surface area contributed by atoms with Crippen LogP contribution in [0.4, 0.5) is 10.5 Å². The Hall–Kier alpha value is -3.98. The minimum atomic E-state index is -0.494. The Morgan fingerprint density at radius 3 is 2.38 bits per heavy atom. The summed E-state index contributed by atoms with van der Waals surface area (Å²) in [5.74, 6) is 1.39. The number of carbonyl (C=O) groups excluding carboxylic acids is 2. The van der Waals surface area contributed by atoms with E-state index < -0.39 is 5.60 Å². The highest BCUT2D eigenvalue weighted by Crippen LogP contribution is 2.38. The van der Waals surface area contributed by atoms with E-state index in [1.807, 2.05) is 103 Å². The minimum absolute atomic E-state index is 0.0673. The zero-order chi connectivity index (χ0) is 29.4. The molecule has 6 rings (SSSR count). The molecule has 2 saturated heterocycles. The quantitative estimate of drug-likeness (QED) is 0.244. The van der Waals surface area contributed by atoms with Gasteiger partial charge in [-0.25, -0.2) is 4.79 Å². The number of amides is 2. The number of hydrogen-bond donors (Lipinski definition) is 1. The number of anilines is 1. The van der Waals surface area contributed by atoms with E-state index in [2.05, 4.69) is 5.32 Å². The van der Waals surface area contributed by atoms with Crippen LogP contribution in [0.3, 0.4) is 0 Å². The van der Waals surface area contributed by atoms with Gasteiger partial charge < -0.3 is 29.0 Å². The molecule has 1 unspecified atom stereocenters. The third-order valence-electron chi connectivity index (χ3n) is 7.91. The van der Waals surface area contributed by atoms with E-state index in [-0.39, 0.29) is 30.2 Å². The molecule has 4 aromatic rings. The Kier molecular flexibility index (Phi) is 7.62. The highest BCUT2D eigenvalue weighted by molar-refractivity contribution is 7.17. The lowest BCUT2D eigenvalue weighted by molar-refractivity contribution is -0.00709. The van der Waals surface area contributed by atoms with Gasteiger partial charge in [0.2, 0.25) is 0 Å². The number of ether oxygens (including phenoxy) is 3. The van der Waals surface area contributed by atoms with E-state index in [9.17, 15) is 9.59 Å². The van der Waals surface area contributed by atoms with Gasteiger partial charge in [-0.15, -0.1) is 11.3 Å². The maximum absolute atomic E-state index is 12.9. The molecule has 0 radical (unpaired) electrons. The maximum Gasteiger partial charge on any atom is 0.410 e. The van der Waals surface area contributed by atoms with Crippen molar-refractivity contribution in [3.05, 3.63) is 77.3 Å². The van der Waals surface area contributed by atoms with Crippen molar-refractivity contribution < 1.29 is 23.8 Å². The summed E-state index contributed by atoms with van der Waals surface area (Å²) in [7, 11) is 1.91. The molecule has 2 amide bonds. The molecule has 9 heteroatoms. The predicted molar refractivity (Wildman–Crippen MR) is 164 cm³/mol. The van der Waals surface area contributed by atoms with E-state index in [1.165, 1.54) is 0 Å². The van der Waals surface area contributed by atoms with Crippen molar-refractivity contribution >= 4 is 39.2 Å². The molecule has 2 aromatic carbocycles. The summed E-state index contributed by atoms with van der Waals surface area (Å²) >= 11 is 1.62. The molecular formula is C33H37N3O5S. The normalized spacial score (nSPS) is 20.0. The third kappa shape index (κ3) is 6.11. The van der Waals surface area contributed by atoms with Gasteiger partial charge in [-0.2, -0.15) is 0 Å². The summed E-state index contributed by atoms with van der Waals surface area (Å²) in [5, 5.41) is 5.03. The smallest absolute Gasteiger partial charge is 0.410 e. The first-order chi connectivity index (χ1) is 20.1. The van der Waals surface area contributed by atoms with Gasteiger partial charge in [0.25, 0.3) is 5.91 Å². The van der Waals surface area contributed by atoms with Gasteiger partial charge in [0.15, 0.2) is 0 Å². The Bertz CT molecular complexity index is 1570. The Balaban J connectivity index is 1.00. The summed E-state index contributed by atoms with van der Waals surface area (Å²) < 4.78 is 21.0. The van der Waals surface area contributed by atoms with Gasteiger partial charge in [0.05, 0.1) is 10.2 Å². The minimum Gasteiger partial charge on any atom is -0.490 e. The molecule has 4 heterocycles. The van der Waals surface area contributed by atoms with Gasteiger partial charge in [-0.3, -0.25) is 4.79 Å². The number of piperidine rings is 1. The molecule has 220 valence electrons. The van der Waals surface area contributed by atoms with E-state index in [4.69, 9.17) is 14.2 Å². The Morgan fingerprint density at radius 1 is 0.976 bits per heavy atom. The zero-order valence-electron chi connectivity index (χ0n) is 24.5. The van der Waals surface area contributed by atoms with Crippen molar-refractivity contribution in [2.75, 3.05) is 5.32 Å². The second kappa shape index (κ2) is 11.4. The van der Waals surface area contributed by atoms with E-state index in [0.717, 1.165) is 58.6 Å². The first-order valence-corrected chi connectivity index (χ1v) is 15.3. The van der Waals surface area contributed by atoms with E-state index in [0.29, 0.717) is 12.3 Å². The standard InChI is InChI=1S/C33H37N3O5S/c1-33(2,3)41-32(38)36-23-8-9-24(36)18-27(17-23)40-26-12-10-25(11-13-26)39-20-21-6-5-7-22(16-21)34-31(37)29-19-30-28(35(29)4)14-15-42-30/h5-7,10-16,19,23-24,27H,8-9,17-18,20H2,1-4H3,(H,34,37)/t23-,24+,27?. The lowest BCUT2D eigenvalue weighted by Gasteiger charge is -2.39. The summed E-state index contributed by atoms with van der Waals surface area (Å²) in [6.07, 6.45) is 3.46. The van der Waals surface area contributed by atoms with Gasteiger partial charge in [-0.05, 0) is 93.1 Å². The summed E-state index contributed by atoms with van der Waals surface area (Å²) in [5.41, 5.74) is 2.86. The molecule has 2 aliphatic heterocycles. The molecule has 1 N–H and O–H groups in total. The summed E-state index contributed by atoms with van der Waals surface area (Å²) in [6.45, 7) is 6.08. The van der Waals surface area contributed by atoms with Crippen LogP contribution in [0.2, 0.25) is 0 Å². The third-order valence-corrected chi connectivity index (χ3v) is 8.76. The number of aryl methyl sites for hydroxylation is 1. The number of nitrogens with zero attached hydrogens (tertiary/aromatic N) is 2. The van der Waals surface area contributed by atoms with Crippen molar-refractivity contribution in [2.45, 2.75) is 76.9 Å². The molecule has 2 aromatic heterocycles.